The smallest absolute Gasteiger partial charge is 0.338 e. The Bertz CT molecular complexity index is 1130. The van der Waals surface area contributed by atoms with E-state index >= 15 is 0 Å². The Morgan fingerprint density at radius 2 is 1.64 bits per heavy atom. The molecule has 0 radical (unpaired) electrons. The van der Waals surface area contributed by atoms with E-state index in [2.05, 4.69) is 4.72 Å². The molecular weight excluding hydrogens is 454 g/mol. The highest BCUT2D eigenvalue weighted by Crippen LogP contribution is 2.24. The van der Waals surface area contributed by atoms with E-state index < -0.39 is 38.6 Å². The van der Waals surface area contributed by atoms with Crippen molar-refractivity contribution >= 4 is 27.6 Å². The van der Waals surface area contributed by atoms with Gasteiger partial charge in [0.05, 0.1) is 10.5 Å². The third-order valence-corrected chi connectivity index (χ3v) is 7.03. The van der Waals surface area contributed by atoms with Crippen LogP contribution in [0.5, 0.6) is 0 Å². The van der Waals surface area contributed by atoms with Crippen LogP contribution in [0.3, 0.4) is 0 Å². The molecule has 7 nitrogen and oxygen atoms in total. The summed E-state index contributed by atoms with van der Waals surface area (Å²) in [6.07, 6.45) is 1.89. The number of nitrogens with zero attached hydrogens (tertiary/aromatic N) is 1. The molecule has 3 rings (SSSR count). The molecule has 0 spiro atoms. The van der Waals surface area contributed by atoms with Crippen LogP contribution in [-0.4, -0.2) is 43.4 Å². The zero-order valence-corrected chi connectivity index (χ0v) is 19.4. The van der Waals surface area contributed by atoms with Gasteiger partial charge in [-0.15, -0.1) is 0 Å². The van der Waals surface area contributed by atoms with Crippen LogP contribution in [0.1, 0.15) is 50.4 Å². The number of halogens is 2. The Kier molecular flexibility index (Phi) is 7.36. The third kappa shape index (κ3) is 5.68. The number of nitrogens with one attached hydrogen (secondary N) is 1. The van der Waals surface area contributed by atoms with Gasteiger partial charge in [-0.25, -0.2) is 22.0 Å². The van der Waals surface area contributed by atoms with Crippen molar-refractivity contribution in [2.45, 2.75) is 63.1 Å². The molecule has 1 N–H and O–H groups in total. The molecule has 33 heavy (non-hydrogen) atoms. The van der Waals surface area contributed by atoms with Crippen LogP contribution >= 0.6 is 0 Å². The minimum absolute atomic E-state index is 0.0734. The van der Waals surface area contributed by atoms with E-state index in [1.165, 1.54) is 31.2 Å². The Hall–Kier alpha value is -3.01. The molecule has 0 aliphatic carbocycles. The van der Waals surface area contributed by atoms with Gasteiger partial charge >= 0.3 is 5.97 Å². The maximum atomic E-state index is 13.4. The van der Waals surface area contributed by atoms with Crippen molar-refractivity contribution in [2.24, 2.45) is 0 Å². The van der Waals surface area contributed by atoms with Crippen LogP contribution in [0, 0.1) is 11.6 Å². The third-order valence-electron chi connectivity index (χ3n) is 5.65. The van der Waals surface area contributed by atoms with Crippen molar-refractivity contribution in [3.8, 4) is 0 Å². The van der Waals surface area contributed by atoms with Crippen LogP contribution in [0.2, 0.25) is 0 Å². The van der Waals surface area contributed by atoms with Crippen LogP contribution in [0.15, 0.2) is 47.4 Å². The molecule has 1 saturated heterocycles. The van der Waals surface area contributed by atoms with E-state index in [9.17, 15) is 26.8 Å². The second-order valence-electron chi connectivity index (χ2n) is 8.18. The van der Waals surface area contributed by atoms with Crippen LogP contribution in [0.4, 0.5) is 14.5 Å². The molecule has 0 aromatic heterocycles. The minimum atomic E-state index is -4.16. The summed E-state index contributed by atoms with van der Waals surface area (Å²) in [7, 11) is -4.16. The maximum Gasteiger partial charge on any atom is 0.338 e. The number of carbonyl (C=O) groups excluding carboxylic acids is 2. The molecule has 1 heterocycles. The summed E-state index contributed by atoms with van der Waals surface area (Å²) < 4.78 is 58.7. The Labute approximate surface area is 191 Å². The number of rotatable bonds is 6. The zero-order chi connectivity index (χ0) is 24.3. The number of likely N-dealkylation sites (tertiary alicyclic amines) is 1. The van der Waals surface area contributed by atoms with E-state index in [1.807, 2.05) is 13.8 Å². The first-order chi connectivity index (χ1) is 15.5. The van der Waals surface area contributed by atoms with Crippen LogP contribution < -0.4 is 4.72 Å². The van der Waals surface area contributed by atoms with E-state index in [0.29, 0.717) is 6.07 Å². The fourth-order valence-corrected chi connectivity index (χ4v) is 4.95. The number of benzene rings is 2. The first-order valence-electron chi connectivity index (χ1n) is 10.6. The van der Waals surface area contributed by atoms with Gasteiger partial charge in [0.15, 0.2) is 17.7 Å². The number of anilines is 1. The first kappa shape index (κ1) is 24.6. The van der Waals surface area contributed by atoms with Crippen molar-refractivity contribution in [3.05, 3.63) is 59.7 Å². The average Bonchev–Trinajstić information content (AvgIpc) is 2.75. The molecule has 0 saturated carbocycles. The van der Waals surface area contributed by atoms with E-state index in [-0.39, 0.29) is 29.2 Å². The largest absolute Gasteiger partial charge is 0.449 e. The van der Waals surface area contributed by atoms with Crippen molar-refractivity contribution in [2.75, 3.05) is 4.72 Å². The first-order valence-corrected chi connectivity index (χ1v) is 12.1. The zero-order valence-electron chi connectivity index (χ0n) is 18.5. The number of esters is 1. The average molecular weight is 481 g/mol. The lowest BCUT2D eigenvalue weighted by Gasteiger charge is -2.40. The summed E-state index contributed by atoms with van der Waals surface area (Å²) in [4.78, 5) is 26.6. The molecule has 1 aliphatic heterocycles. The molecule has 1 fully saturated rings. The number of hydrogen-bond donors (Lipinski definition) is 1. The lowest BCUT2D eigenvalue weighted by Crippen LogP contribution is -2.51. The molecule has 3 atom stereocenters. The van der Waals surface area contributed by atoms with Crippen molar-refractivity contribution in [1.29, 1.82) is 0 Å². The lowest BCUT2D eigenvalue weighted by atomic mass is 9.97. The molecule has 0 unspecified atom stereocenters. The second kappa shape index (κ2) is 9.86. The van der Waals surface area contributed by atoms with Crippen molar-refractivity contribution in [3.63, 3.8) is 0 Å². The van der Waals surface area contributed by atoms with Gasteiger partial charge in [0.1, 0.15) is 0 Å². The monoisotopic (exact) mass is 480 g/mol. The van der Waals surface area contributed by atoms with Crippen molar-refractivity contribution < 1.29 is 31.5 Å². The molecule has 1 amide bonds. The number of sulfonamides is 1. The van der Waals surface area contributed by atoms with E-state index in [1.54, 1.807) is 4.90 Å². The highest BCUT2D eigenvalue weighted by Gasteiger charge is 2.33. The summed E-state index contributed by atoms with van der Waals surface area (Å²) >= 11 is 0. The Morgan fingerprint density at radius 3 is 2.21 bits per heavy atom. The SMILES string of the molecule is C[C@H](OC(=O)c1ccc(NS(=O)(=O)c2ccc(F)c(F)c2)cc1)C(=O)N1[C@H](C)CCC[C@@H]1C. The number of ether oxygens (including phenoxy) is 1. The van der Waals surface area contributed by atoms with Gasteiger partial charge < -0.3 is 9.64 Å². The quantitative estimate of drug-likeness (QED) is 0.629. The van der Waals surface area contributed by atoms with Gasteiger partial charge in [-0.2, -0.15) is 0 Å². The van der Waals surface area contributed by atoms with Gasteiger partial charge in [0.25, 0.3) is 15.9 Å². The maximum absolute atomic E-state index is 13.4. The molecule has 1 aliphatic rings. The van der Waals surface area contributed by atoms with Crippen LogP contribution in [0.25, 0.3) is 0 Å². The number of piperidine rings is 1. The fraction of sp³-hybridized carbons (Fsp3) is 0.391. The number of hydrogen-bond acceptors (Lipinski definition) is 5. The highest BCUT2D eigenvalue weighted by molar-refractivity contribution is 7.92. The summed E-state index contributed by atoms with van der Waals surface area (Å²) in [5.74, 6) is -3.41. The summed E-state index contributed by atoms with van der Waals surface area (Å²) in [5.41, 5.74) is 0.238. The van der Waals surface area contributed by atoms with Gasteiger partial charge in [0.2, 0.25) is 0 Å². The van der Waals surface area contributed by atoms with Gasteiger partial charge in [0, 0.05) is 17.8 Å². The lowest BCUT2D eigenvalue weighted by molar-refractivity contribution is -0.146. The Morgan fingerprint density at radius 1 is 1.03 bits per heavy atom. The van der Waals surface area contributed by atoms with E-state index in [0.717, 1.165) is 31.4 Å². The Balaban J connectivity index is 1.65. The normalized spacial score (nSPS) is 19.6. The van der Waals surface area contributed by atoms with Gasteiger partial charge in [-0.3, -0.25) is 9.52 Å². The van der Waals surface area contributed by atoms with E-state index in [4.69, 9.17) is 4.74 Å². The predicted octanol–water partition coefficient (Wildman–Crippen LogP) is 4.10. The molecular formula is C23H26F2N2O5S. The van der Waals surface area contributed by atoms with Crippen LogP contribution in [-0.2, 0) is 19.6 Å². The molecule has 2 aromatic carbocycles. The number of amides is 1. The molecule has 10 heteroatoms. The standard InChI is InChI=1S/C23H26F2N2O5S/c1-14-5-4-6-15(2)27(14)22(28)16(3)32-23(29)17-7-9-18(10-8-17)26-33(30,31)19-11-12-20(24)21(25)13-19/h7-16,26H,4-6H2,1-3H3/t14-,15+,16-/m0/s1. The van der Waals surface area contributed by atoms with Gasteiger partial charge in [-0.1, -0.05) is 0 Å². The highest BCUT2D eigenvalue weighted by atomic mass is 32.2. The van der Waals surface area contributed by atoms with Crippen molar-refractivity contribution in [1.82, 2.24) is 4.90 Å². The minimum Gasteiger partial charge on any atom is -0.449 e. The topological polar surface area (TPSA) is 92.8 Å². The second-order valence-corrected chi connectivity index (χ2v) is 9.86. The summed E-state index contributed by atoms with van der Waals surface area (Å²) in [6.45, 7) is 5.48. The fourth-order valence-electron chi connectivity index (χ4n) is 3.88. The molecule has 2 aromatic rings. The molecule has 178 valence electrons. The predicted molar refractivity (Wildman–Crippen MR) is 118 cm³/mol. The number of carbonyl (C=O) groups is 2. The van der Waals surface area contributed by atoms with Gasteiger partial charge in [-0.05, 0) is 82.5 Å². The summed E-state index contributed by atoms with van der Waals surface area (Å²) in [5, 5.41) is 0. The summed E-state index contributed by atoms with van der Waals surface area (Å²) in [6, 6.07) is 7.72. The molecule has 0 bridgehead atoms.